The summed E-state index contributed by atoms with van der Waals surface area (Å²) in [7, 11) is 0. The van der Waals surface area contributed by atoms with Crippen LogP contribution in [0.3, 0.4) is 0 Å². The second kappa shape index (κ2) is 5.88. The normalized spacial score (nSPS) is 19.7. The van der Waals surface area contributed by atoms with Crippen LogP contribution in [0, 0.1) is 11.3 Å². The molecule has 0 aliphatic carbocycles. The first-order valence-electron chi connectivity index (χ1n) is 7.17. The fraction of sp³-hybridized carbons (Fsp3) is 0.688. The number of hydrogen-bond donors (Lipinski definition) is 0. The molecule has 116 valence electrons. The second-order valence-electron chi connectivity index (χ2n) is 6.64. The van der Waals surface area contributed by atoms with Gasteiger partial charge in [0.15, 0.2) is 0 Å². The molecule has 1 fully saturated rings. The summed E-state index contributed by atoms with van der Waals surface area (Å²) in [5.74, 6) is -0.573. The summed E-state index contributed by atoms with van der Waals surface area (Å²) < 4.78 is 4.96. The quantitative estimate of drug-likeness (QED) is 0.445. The number of carbonyl (C=O) groups excluding carboxylic acids is 2. The first-order valence-corrected chi connectivity index (χ1v) is 7.17. The van der Waals surface area contributed by atoms with E-state index in [1.807, 2.05) is 38.7 Å². The molecule has 0 spiro atoms. The van der Waals surface area contributed by atoms with E-state index in [9.17, 15) is 14.9 Å². The number of nitrogens with zero attached hydrogens (tertiary/aromatic N) is 2. The van der Waals surface area contributed by atoms with Gasteiger partial charge in [-0.2, -0.15) is 5.26 Å². The Labute approximate surface area is 126 Å². The van der Waals surface area contributed by atoms with Crippen molar-refractivity contribution in [3.05, 3.63) is 11.1 Å². The highest BCUT2D eigenvalue weighted by molar-refractivity contribution is 5.94. The van der Waals surface area contributed by atoms with Gasteiger partial charge in [-0.25, -0.2) is 4.79 Å². The molecule has 1 heterocycles. The summed E-state index contributed by atoms with van der Waals surface area (Å²) in [6.07, 6.45) is 0.995. The fourth-order valence-corrected chi connectivity index (χ4v) is 3.59. The molecular weight excluding hydrogens is 268 g/mol. The maximum absolute atomic E-state index is 12.0. The number of piperidine rings is 1. The molecule has 0 radical (unpaired) electrons. The summed E-state index contributed by atoms with van der Waals surface area (Å²) in [5, 5.41) is 9.30. The molecule has 1 rings (SSSR count). The van der Waals surface area contributed by atoms with Crippen molar-refractivity contribution < 1.29 is 14.3 Å². The molecule has 0 aromatic carbocycles. The number of rotatable bonds is 2. The van der Waals surface area contributed by atoms with Gasteiger partial charge in [-0.1, -0.05) is 0 Å². The Morgan fingerprint density at radius 2 is 1.71 bits per heavy atom. The Bertz CT molecular complexity index is 504. The van der Waals surface area contributed by atoms with Gasteiger partial charge < -0.3 is 9.64 Å². The Balaban J connectivity index is 3.30. The highest BCUT2D eigenvalue weighted by atomic mass is 16.5. The van der Waals surface area contributed by atoms with Gasteiger partial charge in [0.2, 0.25) is 5.91 Å². The van der Waals surface area contributed by atoms with Gasteiger partial charge in [0.1, 0.15) is 11.6 Å². The Kier molecular flexibility index (Phi) is 4.83. The molecule has 0 bridgehead atoms. The third-order valence-electron chi connectivity index (χ3n) is 3.76. The van der Waals surface area contributed by atoms with Crippen LogP contribution in [-0.2, 0) is 14.3 Å². The highest BCUT2D eigenvalue weighted by Gasteiger charge is 2.45. The number of esters is 1. The van der Waals surface area contributed by atoms with Crippen LogP contribution in [0.1, 0.15) is 54.4 Å². The minimum atomic E-state index is -0.571. The SMILES string of the molecule is CCOC(=O)C(C#N)=C1CC(C)(C)N(C(C)=O)C(C)(C)C1. The van der Waals surface area contributed by atoms with E-state index in [4.69, 9.17) is 4.74 Å². The highest BCUT2D eigenvalue weighted by Crippen LogP contribution is 2.42. The van der Waals surface area contributed by atoms with Crippen LogP contribution in [0.15, 0.2) is 11.1 Å². The molecular formula is C16H24N2O3. The lowest BCUT2D eigenvalue weighted by Crippen LogP contribution is -2.61. The van der Waals surface area contributed by atoms with Crippen molar-refractivity contribution >= 4 is 11.9 Å². The van der Waals surface area contributed by atoms with Crippen LogP contribution in [0.25, 0.3) is 0 Å². The van der Waals surface area contributed by atoms with E-state index in [0.29, 0.717) is 12.8 Å². The third-order valence-corrected chi connectivity index (χ3v) is 3.76. The Morgan fingerprint density at radius 1 is 1.24 bits per heavy atom. The van der Waals surface area contributed by atoms with Crippen LogP contribution in [0.4, 0.5) is 0 Å². The number of hydrogen-bond acceptors (Lipinski definition) is 4. The van der Waals surface area contributed by atoms with Crippen LogP contribution in [0.5, 0.6) is 0 Å². The van der Waals surface area contributed by atoms with E-state index >= 15 is 0 Å². The molecule has 0 aromatic heterocycles. The van der Waals surface area contributed by atoms with E-state index < -0.39 is 17.0 Å². The van der Waals surface area contributed by atoms with Crippen molar-refractivity contribution in [1.82, 2.24) is 4.90 Å². The molecule has 5 nitrogen and oxygen atoms in total. The minimum absolute atomic E-state index is 0.00121. The molecule has 1 aliphatic rings. The molecule has 21 heavy (non-hydrogen) atoms. The lowest BCUT2D eigenvalue weighted by molar-refractivity contribution is -0.144. The van der Waals surface area contributed by atoms with Crippen LogP contribution in [0.2, 0.25) is 0 Å². The lowest BCUT2D eigenvalue weighted by Gasteiger charge is -2.53. The molecule has 1 amide bonds. The van der Waals surface area contributed by atoms with E-state index in [1.165, 1.54) is 0 Å². The summed E-state index contributed by atoms with van der Waals surface area (Å²) >= 11 is 0. The first-order chi connectivity index (χ1) is 9.56. The van der Waals surface area contributed by atoms with Gasteiger partial charge in [0, 0.05) is 18.0 Å². The molecule has 1 saturated heterocycles. The zero-order valence-electron chi connectivity index (χ0n) is 13.7. The molecule has 0 aromatic rings. The monoisotopic (exact) mass is 292 g/mol. The lowest BCUT2D eigenvalue weighted by atomic mass is 9.75. The minimum Gasteiger partial charge on any atom is -0.462 e. The zero-order chi connectivity index (χ0) is 16.4. The summed E-state index contributed by atoms with van der Waals surface area (Å²) in [5.41, 5.74) is -0.0423. The number of amides is 1. The zero-order valence-corrected chi connectivity index (χ0v) is 13.7. The van der Waals surface area contributed by atoms with Crippen molar-refractivity contribution in [3.8, 4) is 6.07 Å². The number of nitriles is 1. The maximum Gasteiger partial charge on any atom is 0.348 e. The summed E-state index contributed by atoms with van der Waals surface area (Å²) in [6, 6.07) is 1.98. The average molecular weight is 292 g/mol. The van der Waals surface area contributed by atoms with Crippen LogP contribution >= 0.6 is 0 Å². The van der Waals surface area contributed by atoms with Gasteiger partial charge in [-0.05, 0) is 53.0 Å². The van der Waals surface area contributed by atoms with Crippen molar-refractivity contribution in [3.63, 3.8) is 0 Å². The summed E-state index contributed by atoms with van der Waals surface area (Å²) in [6.45, 7) is 11.3. The van der Waals surface area contributed by atoms with Gasteiger partial charge in [0.25, 0.3) is 0 Å². The Hall–Kier alpha value is -1.83. The van der Waals surface area contributed by atoms with Crippen molar-refractivity contribution in [2.75, 3.05) is 6.61 Å². The first kappa shape index (κ1) is 17.2. The fourth-order valence-electron chi connectivity index (χ4n) is 3.59. The second-order valence-corrected chi connectivity index (χ2v) is 6.64. The van der Waals surface area contributed by atoms with Gasteiger partial charge >= 0.3 is 5.97 Å². The van der Waals surface area contributed by atoms with E-state index in [-0.39, 0.29) is 18.1 Å². The molecule has 0 N–H and O–H groups in total. The number of likely N-dealkylation sites (tertiary alicyclic amines) is 1. The maximum atomic E-state index is 12.0. The number of carbonyl (C=O) groups is 2. The van der Waals surface area contributed by atoms with Gasteiger partial charge in [-0.3, -0.25) is 4.79 Å². The van der Waals surface area contributed by atoms with E-state index in [1.54, 1.807) is 13.8 Å². The van der Waals surface area contributed by atoms with Crippen molar-refractivity contribution in [2.45, 2.75) is 65.5 Å². The molecule has 0 saturated carbocycles. The standard InChI is InChI=1S/C16H24N2O3/c1-7-21-14(20)13(10-17)12-8-15(3,4)18(11(2)19)16(5,6)9-12/h7-9H2,1-6H3. The average Bonchev–Trinajstić information content (AvgIpc) is 2.25. The van der Waals surface area contributed by atoms with Crippen LogP contribution < -0.4 is 0 Å². The molecule has 0 unspecified atom stereocenters. The number of ether oxygens (including phenoxy) is 1. The van der Waals surface area contributed by atoms with Gasteiger partial charge in [0.05, 0.1) is 6.61 Å². The third kappa shape index (κ3) is 3.44. The topological polar surface area (TPSA) is 70.4 Å². The smallest absolute Gasteiger partial charge is 0.348 e. The van der Waals surface area contributed by atoms with Gasteiger partial charge in [-0.15, -0.1) is 0 Å². The predicted octanol–water partition coefficient (Wildman–Crippen LogP) is 2.57. The molecule has 5 heteroatoms. The molecule has 0 atom stereocenters. The summed E-state index contributed by atoms with van der Waals surface area (Å²) in [4.78, 5) is 25.7. The van der Waals surface area contributed by atoms with Crippen molar-refractivity contribution in [1.29, 1.82) is 5.26 Å². The van der Waals surface area contributed by atoms with E-state index in [0.717, 1.165) is 5.57 Å². The Morgan fingerprint density at radius 3 is 2.05 bits per heavy atom. The van der Waals surface area contributed by atoms with Crippen molar-refractivity contribution in [2.24, 2.45) is 0 Å². The predicted molar refractivity (Wildman–Crippen MR) is 79.2 cm³/mol. The van der Waals surface area contributed by atoms with E-state index in [2.05, 4.69) is 0 Å². The van der Waals surface area contributed by atoms with Crippen LogP contribution in [-0.4, -0.2) is 34.5 Å². The largest absolute Gasteiger partial charge is 0.462 e. The molecule has 1 aliphatic heterocycles.